The van der Waals surface area contributed by atoms with Crippen LogP contribution in [0.25, 0.3) is 10.9 Å². The number of anilines is 1. The third kappa shape index (κ3) is 2.64. The van der Waals surface area contributed by atoms with Gasteiger partial charge in [-0.1, -0.05) is 28.1 Å². The van der Waals surface area contributed by atoms with Crippen molar-refractivity contribution in [2.75, 3.05) is 18.5 Å². The van der Waals surface area contributed by atoms with E-state index in [9.17, 15) is 0 Å². The summed E-state index contributed by atoms with van der Waals surface area (Å²) in [5, 5.41) is 1.05. The van der Waals surface area contributed by atoms with Crippen LogP contribution in [0.1, 0.15) is 6.92 Å². The van der Waals surface area contributed by atoms with E-state index < -0.39 is 0 Å². The first-order valence-corrected chi connectivity index (χ1v) is 6.13. The Kier molecular flexibility index (Phi) is 3.43. The number of likely N-dealkylation sites (N-methyl/N-ethyl adjacent to an activating group) is 1. The normalized spacial score (nSPS) is 10.5. The minimum absolute atomic E-state index is 0.790. The maximum Gasteiger partial charge on any atom is 0.139 e. The van der Waals surface area contributed by atoms with Crippen molar-refractivity contribution < 1.29 is 0 Å². The molecule has 17 heavy (non-hydrogen) atoms. The fourth-order valence-corrected chi connectivity index (χ4v) is 2.16. The minimum atomic E-state index is 0.790. The molecule has 0 aliphatic rings. The van der Waals surface area contributed by atoms with Crippen molar-refractivity contribution in [1.82, 2.24) is 9.97 Å². The molecule has 0 atom stereocenters. The standard InChI is InChI=1S/C13H14BrN3/c1-9(2)7-17(3)13-11-6-10(14)4-5-12(11)15-8-16-13/h4-6,8H,1,7H2,2-3H3. The highest BCUT2D eigenvalue weighted by molar-refractivity contribution is 9.10. The van der Waals surface area contributed by atoms with E-state index in [0.717, 1.165) is 33.3 Å². The largest absolute Gasteiger partial charge is 0.355 e. The van der Waals surface area contributed by atoms with E-state index >= 15 is 0 Å². The van der Waals surface area contributed by atoms with Crippen LogP contribution in [-0.2, 0) is 0 Å². The molecule has 0 saturated heterocycles. The highest BCUT2D eigenvalue weighted by Crippen LogP contribution is 2.25. The molecule has 0 aliphatic heterocycles. The smallest absolute Gasteiger partial charge is 0.139 e. The van der Waals surface area contributed by atoms with Gasteiger partial charge in [0.25, 0.3) is 0 Å². The molecule has 0 fully saturated rings. The Morgan fingerprint density at radius 1 is 1.41 bits per heavy atom. The summed E-state index contributed by atoms with van der Waals surface area (Å²) < 4.78 is 1.03. The van der Waals surface area contributed by atoms with Crippen molar-refractivity contribution >= 4 is 32.7 Å². The predicted octanol–water partition coefficient (Wildman–Crippen LogP) is 3.40. The van der Waals surface area contributed by atoms with E-state index in [1.807, 2.05) is 32.2 Å². The molecule has 0 amide bonds. The zero-order valence-electron chi connectivity index (χ0n) is 9.94. The van der Waals surface area contributed by atoms with Gasteiger partial charge in [-0.3, -0.25) is 0 Å². The van der Waals surface area contributed by atoms with Gasteiger partial charge in [-0.05, 0) is 25.1 Å². The molecule has 1 heterocycles. The molecular weight excluding hydrogens is 278 g/mol. The maximum atomic E-state index is 4.35. The van der Waals surface area contributed by atoms with Crippen LogP contribution in [0.5, 0.6) is 0 Å². The Hall–Kier alpha value is -1.42. The van der Waals surface area contributed by atoms with Crippen LogP contribution < -0.4 is 4.90 Å². The van der Waals surface area contributed by atoms with E-state index in [4.69, 9.17) is 0 Å². The van der Waals surface area contributed by atoms with Gasteiger partial charge in [-0.25, -0.2) is 9.97 Å². The molecule has 3 nitrogen and oxygen atoms in total. The topological polar surface area (TPSA) is 29.0 Å². The molecule has 0 unspecified atom stereocenters. The fraction of sp³-hybridized carbons (Fsp3) is 0.231. The van der Waals surface area contributed by atoms with Crippen LogP contribution in [0.4, 0.5) is 5.82 Å². The second kappa shape index (κ2) is 4.84. The van der Waals surface area contributed by atoms with Crippen molar-refractivity contribution in [3.05, 3.63) is 41.2 Å². The summed E-state index contributed by atoms with van der Waals surface area (Å²) in [6, 6.07) is 6.01. The van der Waals surface area contributed by atoms with Gasteiger partial charge in [-0.2, -0.15) is 0 Å². The summed E-state index contributed by atoms with van der Waals surface area (Å²) in [5.41, 5.74) is 2.06. The molecule has 2 rings (SSSR count). The predicted molar refractivity (Wildman–Crippen MR) is 75.3 cm³/mol. The number of aromatic nitrogens is 2. The quantitative estimate of drug-likeness (QED) is 0.812. The molecule has 2 aromatic rings. The van der Waals surface area contributed by atoms with E-state index in [0.29, 0.717) is 0 Å². The maximum absolute atomic E-state index is 4.35. The number of nitrogens with zero attached hydrogens (tertiary/aromatic N) is 3. The summed E-state index contributed by atoms with van der Waals surface area (Å²) in [6.07, 6.45) is 1.60. The monoisotopic (exact) mass is 291 g/mol. The minimum Gasteiger partial charge on any atom is -0.355 e. The van der Waals surface area contributed by atoms with Crippen LogP contribution in [0, 0.1) is 0 Å². The molecule has 1 aromatic carbocycles. The van der Waals surface area contributed by atoms with Crippen molar-refractivity contribution in [2.45, 2.75) is 6.92 Å². The van der Waals surface area contributed by atoms with Gasteiger partial charge in [-0.15, -0.1) is 0 Å². The zero-order chi connectivity index (χ0) is 12.4. The van der Waals surface area contributed by atoms with Crippen molar-refractivity contribution in [3.63, 3.8) is 0 Å². The lowest BCUT2D eigenvalue weighted by molar-refractivity contribution is 0.955. The van der Waals surface area contributed by atoms with E-state index in [2.05, 4.69) is 37.4 Å². The van der Waals surface area contributed by atoms with E-state index in [-0.39, 0.29) is 0 Å². The van der Waals surface area contributed by atoms with Crippen molar-refractivity contribution in [2.24, 2.45) is 0 Å². The Labute approximate surface area is 109 Å². The van der Waals surface area contributed by atoms with Crippen molar-refractivity contribution in [3.8, 4) is 0 Å². The average Bonchev–Trinajstić information content (AvgIpc) is 2.27. The Morgan fingerprint density at radius 2 is 2.18 bits per heavy atom. The first-order valence-electron chi connectivity index (χ1n) is 5.33. The van der Waals surface area contributed by atoms with Gasteiger partial charge in [0.15, 0.2) is 0 Å². The molecule has 0 radical (unpaired) electrons. The Morgan fingerprint density at radius 3 is 2.88 bits per heavy atom. The van der Waals surface area contributed by atoms with Crippen LogP contribution >= 0.6 is 15.9 Å². The number of halogens is 1. The van der Waals surface area contributed by atoms with Crippen LogP contribution in [0.2, 0.25) is 0 Å². The van der Waals surface area contributed by atoms with Crippen LogP contribution in [-0.4, -0.2) is 23.6 Å². The Balaban J connectivity index is 2.52. The number of hydrogen-bond donors (Lipinski definition) is 0. The van der Waals surface area contributed by atoms with Gasteiger partial charge < -0.3 is 4.90 Å². The fourth-order valence-electron chi connectivity index (χ4n) is 1.80. The highest BCUT2D eigenvalue weighted by Gasteiger charge is 2.08. The van der Waals surface area contributed by atoms with Gasteiger partial charge in [0.2, 0.25) is 0 Å². The number of hydrogen-bond acceptors (Lipinski definition) is 3. The van der Waals surface area contributed by atoms with Gasteiger partial charge >= 0.3 is 0 Å². The number of fused-ring (bicyclic) bond motifs is 1. The average molecular weight is 292 g/mol. The van der Waals surface area contributed by atoms with E-state index in [1.54, 1.807) is 6.33 Å². The van der Waals surface area contributed by atoms with E-state index in [1.165, 1.54) is 0 Å². The first-order chi connectivity index (χ1) is 8.08. The molecule has 88 valence electrons. The lowest BCUT2D eigenvalue weighted by Crippen LogP contribution is -2.20. The third-order valence-corrected chi connectivity index (χ3v) is 2.94. The summed E-state index contributed by atoms with van der Waals surface area (Å²) in [6.45, 7) is 6.72. The lowest BCUT2D eigenvalue weighted by Gasteiger charge is -2.19. The first kappa shape index (κ1) is 12.0. The second-order valence-electron chi connectivity index (χ2n) is 4.17. The number of rotatable bonds is 3. The Bertz CT molecular complexity index is 566. The summed E-state index contributed by atoms with van der Waals surface area (Å²) >= 11 is 3.47. The number of benzene rings is 1. The summed E-state index contributed by atoms with van der Waals surface area (Å²) in [7, 11) is 2.01. The molecule has 0 aliphatic carbocycles. The SMILES string of the molecule is C=C(C)CN(C)c1ncnc2ccc(Br)cc12. The third-order valence-electron chi connectivity index (χ3n) is 2.45. The van der Waals surface area contributed by atoms with Gasteiger partial charge in [0, 0.05) is 23.5 Å². The zero-order valence-corrected chi connectivity index (χ0v) is 11.5. The van der Waals surface area contributed by atoms with Gasteiger partial charge in [0.05, 0.1) is 5.52 Å². The summed E-state index contributed by atoms with van der Waals surface area (Å²) in [4.78, 5) is 10.7. The molecular formula is C13H14BrN3. The van der Waals surface area contributed by atoms with Gasteiger partial charge in [0.1, 0.15) is 12.1 Å². The van der Waals surface area contributed by atoms with Crippen LogP contribution in [0.3, 0.4) is 0 Å². The van der Waals surface area contributed by atoms with Crippen molar-refractivity contribution in [1.29, 1.82) is 0 Å². The molecule has 0 spiro atoms. The molecule has 0 saturated carbocycles. The second-order valence-corrected chi connectivity index (χ2v) is 5.09. The highest BCUT2D eigenvalue weighted by atomic mass is 79.9. The van der Waals surface area contributed by atoms with Crippen LogP contribution in [0.15, 0.2) is 41.2 Å². The molecule has 0 N–H and O–H groups in total. The molecule has 0 bridgehead atoms. The lowest BCUT2D eigenvalue weighted by atomic mass is 10.2. The molecule has 4 heteroatoms. The molecule has 1 aromatic heterocycles. The summed E-state index contributed by atoms with van der Waals surface area (Å²) in [5.74, 6) is 0.930.